The van der Waals surface area contributed by atoms with Gasteiger partial charge in [0, 0.05) is 30.7 Å². The first-order chi connectivity index (χ1) is 10.3. The van der Waals surface area contributed by atoms with Crippen LogP contribution in [0.25, 0.3) is 10.8 Å². The van der Waals surface area contributed by atoms with Crippen LogP contribution in [0, 0.1) is 0 Å². The number of aromatic amines is 1. The molecule has 2 heterocycles. The maximum atomic E-state index is 4.45. The molecule has 0 saturated carbocycles. The predicted molar refractivity (Wildman–Crippen MR) is 82.7 cm³/mol. The van der Waals surface area contributed by atoms with Crippen molar-refractivity contribution in [2.75, 3.05) is 7.05 Å². The van der Waals surface area contributed by atoms with Crippen LogP contribution in [0.1, 0.15) is 24.1 Å². The van der Waals surface area contributed by atoms with E-state index in [1.165, 1.54) is 16.3 Å². The summed E-state index contributed by atoms with van der Waals surface area (Å²) >= 11 is 0. The molecule has 5 nitrogen and oxygen atoms in total. The van der Waals surface area contributed by atoms with Gasteiger partial charge in [0.1, 0.15) is 11.6 Å². The van der Waals surface area contributed by atoms with E-state index in [-0.39, 0.29) is 0 Å². The Kier molecular flexibility index (Phi) is 3.92. The largest absolute Gasteiger partial charge is 0.295 e. The van der Waals surface area contributed by atoms with Gasteiger partial charge in [0.05, 0.1) is 6.54 Å². The Morgan fingerprint density at radius 2 is 2.10 bits per heavy atom. The molecule has 21 heavy (non-hydrogen) atoms. The summed E-state index contributed by atoms with van der Waals surface area (Å²) < 4.78 is 0. The minimum Gasteiger partial charge on any atom is -0.295 e. The first kappa shape index (κ1) is 13.7. The van der Waals surface area contributed by atoms with Gasteiger partial charge in [-0.25, -0.2) is 4.98 Å². The second kappa shape index (κ2) is 6.01. The smallest absolute Gasteiger partial charge is 0.150 e. The average molecular weight is 281 g/mol. The van der Waals surface area contributed by atoms with Crippen LogP contribution in [-0.4, -0.2) is 32.1 Å². The lowest BCUT2D eigenvalue weighted by atomic mass is 10.1. The quantitative estimate of drug-likeness (QED) is 0.781. The molecule has 108 valence electrons. The highest BCUT2D eigenvalue weighted by Crippen LogP contribution is 2.19. The third kappa shape index (κ3) is 3.08. The van der Waals surface area contributed by atoms with Crippen LogP contribution >= 0.6 is 0 Å². The topological polar surface area (TPSA) is 57.7 Å². The Balaban J connectivity index is 1.75. The van der Waals surface area contributed by atoms with Crippen molar-refractivity contribution in [2.24, 2.45) is 0 Å². The molecule has 0 amide bonds. The van der Waals surface area contributed by atoms with Crippen molar-refractivity contribution in [1.29, 1.82) is 0 Å². The molecule has 0 aliphatic rings. The normalized spacial score (nSPS) is 11.4. The number of nitrogens with zero attached hydrogens (tertiary/aromatic N) is 4. The Hall–Kier alpha value is -2.27. The van der Waals surface area contributed by atoms with E-state index in [1.54, 1.807) is 0 Å². The van der Waals surface area contributed by atoms with Crippen LogP contribution in [0.15, 0.2) is 36.7 Å². The second-order valence-electron chi connectivity index (χ2n) is 5.24. The summed E-state index contributed by atoms with van der Waals surface area (Å²) in [6, 6.07) is 8.41. The van der Waals surface area contributed by atoms with Gasteiger partial charge in [0.2, 0.25) is 0 Å². The van der Waals surface area contributed by atoms with Crippen molar-refractivity contribution in [2.45, 2.75) is 26.4 Å². The molecule has 1 aromatic carbocycles. The lowest BCUT2D eigenvalue weighted by molar-refractivity contribution is 0.312. The fraction of sp³-hybridized carbons (Fsp3) is 0.312. The van der Waals surface area contributed by atoms with Crippen molar-refractivity contribution in [3.05, 3.63) is 53.9 Å². The third-order valence-corrected chi connectivity index (χ3v) is 3.53. The maximum Gasteiger partial charge on any atom is 0.150 e. The first-order valence-corrected chi connectivity index (χ1v) is 7.16. The van der Waals surface area contributed by atoms with Gasteiger partial charge in [-0.15, -0.1) is 0 Å². The molecule has 0 fully saturated rings. The van der Waals surface area contributed by atoms with E-state index in [2.05, 4.69) is 63.3 Å². The summed E-state index contributed by atoms with van der Waals surface area (Å²) in [6.07, 6.45) is 4.61. The van der Waals surface area contributed by atoms with Gasteiger partial charge in [0.25, 0.3) is 0 Å². The lowest BCUT2D eigenvalue weighted by Gasteiger charge is -2.16. The van der Waals surface area contributed by atoms with E-state index in [1.807, 2.05) is 12.4 Å². The Bertz CT molecular complexity index is 729. The van der Waals surface area contributed by atoms with Gasteiger partial charge < -0.3 is 0 Å². The molecule has 0 saturated heterocycles. The first-order valence-electron chi connectivity index (χ1n) is 7.16. The molecular formula is C16H19N5. The van der Waals surface area contributed by atoms with Gasteiger partial charge in [-0.1, -0.05) is 25.1 Å². The molecule has 3 rings (SSSR count). The molecule has 3 aromatic rings. The average Bonchev–Trinajstić information content (AvgIpc) is 2.95. The fourth-order valence-electron chi connectivity index (χ4n) is 2.49. The van der Waals surface area contributed by atoms with Gasteiger partial charge in [-0.05, 0) is 24.1 Å². The van der Waals surface area contributed by atoms with Gasteiger partial charge >= 0.3 is 0 Å². The molecule has 0 spiro atoms. The van der Waals surface area contributed by atoms with Crippen molar-refractivity contribution in [1.82, 2.24) is 25.1 Å². The zero-order chi connectivity index (χ0) is 14.7. The van der Waals surface area contributed by atoms with E-state index in [4.69, 9.17) is 0 Å². The molecule has 0 atom stereocenters. The number of pyridine rings is 1. The van der Waals surface area contributed by atoms with Crippen LogP contribution in [0.4, 0.5) is 0 Å². The highest BCUT2D eigenvalue weighted by atomic mass is 15.2. The van der Waals surface area contributed by atoms with Crippen molar-refractivity contribution >= 4 is 10.8 Å². The summed E-state index contributed by atoms with van der Waals surface area (Å²) in [5.41, 5.74) is 1.30. The number of hydrogen-bond donors (Lipinski definition) is 1. The van der Waals surface area contributed by atoms with Gasteiger partial charge in [0.15, 0.2) is 0 Å². The summed E-state index contributed by atoms with van der Waals surface area (Å²) in [4.78, 5) is 10.9. The van der Waals surface area contributed by atoms with E-state index in [9.17, 15) is 0 Å². The number of hydrogen-bond acceptors (Lipinski definition) is 4. The third-order valence-electron chi connectivity index (χ3n) is 3.53. The molecule has 0 bridgehead atoms. The van der Waals surface area contributed by atoms with E-state index < -0.39 is 0 Å². The summed E-state index contributed by atoms with van der Waals surface area (Å²) in [7, 11) is 2.09. The zero-order valence-corrected chi connectivity index (χ0v) is 12.4. The van der Waals surface area contributed by atoms with Crippen LogP contribution in [0.3, 0.4) is 0 Å². The molecule has 0 unspecified atom stereocenters. The summed E-state index contributed by atoms with van der Waals surface area (Å²) in [6.45, 7) is 3.68. The van der Waals surface area contributed by atoms with Gasteiger partial charge in [-0.3, -0.25) is 15.0 Å². The Morgan fingerprint density at radius 3 is 2.90 bits per heavy atom. The Morgan fingerprint density at radius 1 is 1.19 bits per heavy atom. The zero-order valence-electron chi connectivity index (χ0n) is 12.4. The highest BCUT2D eigenvalue weighted by Gasteiger charge is 2.08. The van der Waals surface area contributed by atoms with Crippen molar-refractivity contribution in [3.8, 4) is 0 Å². The minimum absolute atomic E-state index is 0.758. The van der Waals surface area contributed by atoms with Crippen molar-refractivity contribution in [3.63, 3.8) is 0 Å². The predicted octanol–water partition coefficient (Wildman–Crippen LogP) is 2.55. The number of benzene rings is 1. The van der Waals surface area contributed by atoms with Crippen LogP contribution in [0.5, 0.6) is 0 Å². The summed E-state index contributed by atoms with van der Waals surface area (Å²) in [5, 5.41) is 9.60. The molecular weight excluding hydrogens is 262 g/mol. The molecule has 1 N–H and O–H groups in total. The van der Waals surface area contributed by atoms with Crippen LogP contribution in [-0.2, 0) is 19.5 Å². The number of fused-ring (bicyclic) bond motifs is 1. The number of H-pyrrole nitrogens is 1. The molecule has 2 aromatic heterocycles. The maximum absolute atomic E-state index is 4.45. The number of aryl methyl sites for hydroxylation is 1. The number of rotatable bonds is 5. The van der Waals surface area contributed by atoms with Crippen LogP contribution in [0.2, 0.25) is 0 Å². The summed E-state index contributed by atoms with van der Waals surface area (Å²) in [5.74, 6) is 1.78. The molecule has 0 aliphatic heterocycles. The highest BCUT2D eigenvalue weighted by molar-refractivity contribution is 5.84. The SMILES string of the molecule is CCc1n[nH]c(CN(C)Cc2cccc3cnccc23)n1. The second-order valence-corrected chi connectivity index (χ2v) is 5.24. The van der Waals surface area contributed by atoms with Gasteiger partial charge in [-0.2, -0.15) is 5.10 Å². The van der Waals surface area contributed by atoms with E-state index >= 15 is 0 Å². The number of nitrogens with one attached hydrogen (secondary N) is 1. The monoisotopic (exact) mass is 281 g/mol. The number of aromatic nitrogens is 4. The van der Waals surface area contributed by atoms with E-state index in [0.29, 0.717) is 0 Å². The molecule has 0 radical (unpaired) electrons. The van der Waals surface area contributed by atoms with E-state index in [0.717, 1.165) is 31.2 Å². The lowest BCUT2D eigenvalue weighted by Crippen LogP contribution is -2.18. The molecule has 0 aliphatic carbocycles. The van der Waals surface area contributed by atoms with Crippen LogP contribution < -0.4 is 0 Å². The van der Waals surface area contributed by atoms with Crippen molar-refractivity contribution < 1.29 is 0 Å². The minimum atomic E-state index is 0.758. The Labute approximate surface area is 124 Å². The molecule has 5 heteroatoms. The standard InChI is InChI=1S/C16H19N5/c1-3-15-18-16(20-19-15)11-21(2)10-13-6-4-5-12-9-17-8-7-14(12)13/h4-9H,3,10-11H2,1-2H3,(H,18,19,20). The fourth-order valence-corrected chi connectivity index (χ4v) is 2.49.